The maximum atomic E-state index is 12.5. The van der Waals surface area contributed by atoms with E-state index in [0.29, 0.717) is 12.8 Å². The van der Waals surface area contributed by atoms with Crippen LogP contribution in [0.2, 0.25) is 0 Å². The maximum absolute atomic E-state index is 12.5. The number of unbranched alkanes of at least 4 members (excludes halogenated alkanes) is 17. The molecule has 0 rings (SSSR count). The summed E-state index contributed by atoms with van der Waals surface area (Å²) in [6.45, 7) is 4.48. The summed E-state index contributed by atoms with van der Waals surface area (Å²) in [5.74, 6) is -1.03. The van der Waals surface area contributed by atoms with Crippen LogP contribution < -0.4 is 5.32 Å². The van der Waals surface area contributed by atoms with Crippen LogP contribution in [0.3, 0.4) is 0 Å². The lowest BCUT2D eigenvalue weighted by Gasteiger charge is -2.21. The van der Waals surface area contributed by atoms with E-state index in [1.54, 1.807) is 6.08 Å². The van der Waals surface area contributed by atoms with E-state index in [-0.39, 0.29) is 12.3 Å². The fraction of sp³-hybridized carbons (Fsp3) is 0.698. The van der Waals surface area contributed by atoms with Gasteiger partial charge < -0.3 is 10.4 Å². The molecule has 7 heteroatoms. The average molecular weight is 718 g/mol. The number of aliphatic hydroxyl groups excluding tert-OH is 1. The Hall–Kier alpha value is -2.22. The lowest BCUT2D eigenvalue weighted by atomic mass is 10.1. The lowest BCUT2D eigenvalue weighted by Crippen LogP contribution is -2.46. The predicted octanol–water partition coefficient (Wildman–Crippen LogP) is 11.8. The smallest absolute Gasteiger partial charge is 0.267 e. The molecule has 0 aromatic heterocycles. The Morgan fingerprint density at radius 3 is 1.44 bits per heavy atom. The minimum Gasteiger partial charge on any atom is -0.387 e. The van der Waals surface area contributed by atoms with Crippen molar-refractivity contribution in [2.75, 3.05) is 5.75 Å². The number of allylic oxidation sites excluding steroid dienone is 11. The molecular weight excluding hydrogens is 643 g/mol. The number of carbonyl (C=O) groups is 1. The molecule has 0 heterocycles. The Kier molecular flexibility index (Phi) is 34.9. The summed E-state index contributed by atoms with van der Waals surface area (Å²) in [6.07, 6.45) is 51.6. The zero-order chi connectivity index (χ0) is 36.8. The van der Waals surface area contributed by atoms with Crippen molar-refractivity contribution in [1.29, 1.82) is 0 Å². The highest BCUT2D eigenvalue weighted by atomic mass is 32.2. The molecule has 2 unspecified atom stereocenters. The summed E-state index contributed by atoms with van der Waals surface area (Å²) in [5.41, 5.74) is 0. The second-order valence-corrected chi connectivity index (χ2v) is 15.0. The van der Waals surface area contributed by atoms with Gasteiger partial charge in [0.2, 0.25) is 5.91 Å². The predicted molar refractivity (Wildman–Crippen MR) is 216 cm³/mol. The first-order valence-corrected chi connectivity index (χ1v) is 21.7. The first kappa shape index (κ1) is 47.8. The van der Waals surface area contributed by atoms with Crippen molar-refractivity contribution in [2.45, 2.75) is 187 Å². The van der Waals surface area contributed by atoms with Gasteiger partial charge in [-0.1, -0.05) is 157 Å². The first-order valence-electron chi connectivity index (χ1n) is 20.1. The Morgan fingerprint density at radius 2 is 0.920 bits per heavy atom. The van der Waals surface area contributed by atoms with Crippen LogP contribution in [-0.2, 0) is 14.9 Å². The van der Waals surface area contributed by atoms with Gasteiger partial charge in [0.1, 0.15) is 0 Å². The van der Waals surface area contributed by atoms with E-state index in [4.69, 9.17) is 0 Å². The van der Waals surface area contributed by atoms with Gasteiger partial charge in [0.25, 0.3) is 10.1 Å². The summed E-state index contributed by atoms with van der Waals surface area (Å²) >= 11 is 0. The third-order valence-corrected chi connectivity index (χ3v) is 9.36. The maximum Gasteiger partial charge on any atom is 0.267 e. The Labute approximate surface area is 308 Å². The van der Waals surface area contributed by atoms with Gasteiger partial charge >= 0.3 is 0 Å². The fourth-order valence-electron chi connectivity index (χ4n) is 5.54. The molecule has 0 aromatic rings. The molecule has 0 aliphatic heterocycles. The molecule has 6 nitrogen and oxygen atoms in total. The molecule has 50 heavy (non-hydrogen) atoms. The van der Waals surface area contributed by atoms with E-state index in [9.17, 15) is 22.9 Å². The zero-order valence-electron chi connectivity index (χ0n) is 32.0. The molecule has 0 saturated carbocycles. The molecule has 0 saturated heterocycles. The summed E-state index contributed by atoms with van der Waals surface area (Å²) in [5, 5.41) is 13.2. The van der Waals surface area contributed by atoms with E-state index < -0.39 is 28.0 Å². The molecular formula is C43H75NO5S. The van der Waals surface area contributed by atoms with Crippen LogP contribution in [0.5, 0.6) is 0 Å². The minimum atomic E-state index is -4.36. The van der Waals surface area contributed by atoms with Crippen molar-refractivity contribution in [2.24, 2.45) is 0 Å². The highest BCUT2D eigenvalue weighted by Gasteiger charge is 2.24. The van der Waals surface area contributed by atoms with Crippen LogP contribution in [0.25, 0.3) is 0 Å². The number of rotatable bonds is 35. The Balaban J connectivity index is 4.06. The number of hydrogen-bond acceptors (Lipinski definition) is 4. The minimum absolute atomic E-state index is 0.266. The van der Waals surface area contributed by atoms with Crippen molar-refractivity contribution < 1.29 is 22.9 Å². The molecule has 0 aliphatic rings. The fourth-order valence-corrected chi connectivity index (χ4v) is 6.28. The van der Waals surface area contributed by atoms with Gasteiger partial charge in [0.05, 0.1) is 17.9 Å². The van der Waals surface area contributed by atoms with Crippen molar-refractivity contribution in [3.8, 4) is 0 Å². The Bertz CT molecular complexity index is 1060. The molecule has 2 atom stereocenters. The Morgan fingerprint density at radius 1 is 0.540 bits per heavy atom. The summed E-state index contributed by atoms with van der Waals surface area (Å²) in [4.78, 5) is 12.5. The number of nitrogens with one attached hydrogen (secondary N) is 1. The number of carbonyl (C=O) groups excluding carboxylic acids is 1. The summed E-state index contributed by atoms with van der Waals surface area (Å²) < 4.78 is 32.4. The van der Waals surface area contributed by atoms with Gasteiger partial charge in [0, 0.05) is 6.42 Å². The van der Waals surface area contributed by atoms with Crippen LogP contribution in [0.4, 0.5) is 0 Å². The second-order valence-electron chi connectivity index (χ2n) is 13.5. The second kappa shape index (κ2) is 36.6. The quantitative estimate of drug-likeness (QED) is 0.0344. The van der Waals surface area contributed by atoms with Gasteiger partial charge in [-0.2, -0.15) is 8.42 Å². The van der Waals surface area contributed by atoms with Crippen molar-refractivity contribution >= 4 is 16.0 Å². The van der Waals surface area contributed by atoms with Crippen molar-refractivity contribution in [3.05, 3.63) is 72.9 Å². The molecule has 0 aliphatic carbocycles. The zero-order valence-corrected chi connectivity index (χ0v) is 32.8. The number of aliphatic hydroxyl groups is 1. The van der Waals surface area contributed by atoms with Crippen LogP contribution in [0.15, 0.2) is 72.9 Å². The SMILES string of the molecule is CCCCC/C=C\C/C=C\C/C=C\CCCCCCCCC(=O)NC(CS(=O)(=O)O)C(O)/C=C/CC/C=C/CC/C=C/CCCCCCCC. The van der Waals surface area contributed by atoms with E-state index in [2.05, 4.69) is 79.9 Å². The van der Waals surface area contributed by atoms with Crippen molar-refractivity contribution in [3.63, 3.8) is 0 Å². The number of hydrogen-bond donors (Lipinski definition) is 3. The summed E-state index contributed by atoms with van der Waals surface area (Å²) in [6, 6.07) is -1.09. The molecule has 0 fully saturated rings. The third kappa shape index (κ3) is 37.0. The molecule has 3 N–H and O–H groups in total. The molecule has 0 spiro atoms. The average Bonchev–Trinajstić information content (AvgIpc) is 3.08. The monoisotopic (exact) mass is 718 g/mol. The third-order valence-electron chi connectivity index (χ3n) is 8.58. The standard InChI is InChI=1S/C43H75NO5S/c1-3-5-7-9-11-13-15-17-19-21-22-23-25-27-29-31-33-35-37-39-43(46)44-41(40-50(47,48)49)42(45)38-36-34-32-30-28-26-24-20-18-16-14-12-10-8-6-4-2/h11,13,17-20,22-23,28,30,36,38,41-42,45H,3-10,12,14-16,21,24-27,29,31-35,37,39-40H2,1-2H3,(H,44,46)(H,47,48,49)/b13-11-,19-17-,20-18+,23-22-,30-28+,38-36+. The van der Waals surface area contributed by atoms with E-state index in [1.165, 1.54) is 70.3 Å². The molecule has 288 valence electrons. The topological polar surface area (TPSA) is 104 Å². The van der Waals surface area contributed by atoms with E-state index in [0.717, 1.165) is 77.0 Å². The number of amides is 1. The molecule has 0 bridgehead atoms. The molecule has 0 radical (unpaired) electrons. The lowest BCUT2D eigenvalue weighted by molar-refractivity contribution is -0.122. The molecule has 0 aromatic carbocycles. The van der Waals surface area contributed by atoms with Crippen LogP contribution in [0, 0.1) is 0 Å². The summed E-state index contributed by atoms with van der Waals surface area (Å²) in [7, 11) is -4.36. The first-order chi connectivity index (χ1) is 24.3. The van der Waals surface area contributed by atoms with Gasteiger partial charge in [-0.05, 0) is 83.5 Å². The van der Waals surface area contributed by atoms with Gasteiger partial charge in [0.15, 0.2) is 0 Å². The largest absolute Gasteiger partial charge is 0.387 e. The normalized spacial score (nSPS) is 14.1. The van der Waals surface area contributed by atoms with Crippen LogP contribution in [-0.4, -0.2) is 41.9 Å². The van der Waals surface area contributed by atoms with E-state index in [1.807, 2.05) is 0 Å². The van der Waals surface area contributed by atoms with E-state index >= 15 is 0 Å². The highest BCUT2D eigenvalue weighted by Crippen LogP contribution is 2.11. The van der Waals surface area contributed by atoms with Crippen LogP contribution in [0.1, 0.15) is 174 Å². The van der Waals surface area contributed by atoms with Gasteiger partial charge in [-0.15, -0.1) is 0 Å². The van der Waals surface area contributed by atoms with Crippen molar-refractivity contribution in [1.82, 2.24) is 5.32 Å². The van der Waals surface area contributed by atoms with Gasteiger partial charge in [-0.3, -0.25) is 9.35 Å². The highest BCUT2D eigenvalue weighted by molar-refractivity contribution is 7.85. The molecule has 1 amide bonds. The van der Waals surface area contributed by atoms with Gasteiger partial charge in [-0.25, -0.2) is 0 Å². The van der Waals surface area contributed by atoms with Crippen LogP contribution >= 0.6 is 0 Å².